The highest BCUT2D eigenvalue weighted by molar-refractivity contribution is 5.80. The smallest absolute Gasteiger partial charge is 0.146 e. The van der Waals surface area contributed by atoms with Crippen molar-refractivity contribution in [2.75, 3.05) is 11.9 Å². The number of rotatable bonds is 4. The van der Waals surface area contributed by atoms with E-state index >= 15 is 0 Å². The van der Waals surface area contributed by atoms with Crippen molar-refractivity contribution in [1.29, 1.82) is 0 Å². The number of nitrogens with zero attached hydrogens (tertiary/aromatic N) is 1. The summed E-state index contributed by atoms with van der Waals surface area (Å²) in [6, 6.07) is 15.3. The first-order chi connectivity index (χ1) is 9.74. The van der Waals surface area contributed by atoms with Crippen LogP contribution in [0.5, 0.6) is 0 Å². The summed E-state index contributed by atoms with van der Waals surface area (Å²) in [7, 11) is 0. The molecule has 0 spiro atoms. The van der Waals surface area contributed by atoms with Crippen LogP contribution in [0.4, 0.5) is 10.1 Å². The zero-order valence-electron chi connectivity index (χ0n) is 11.4. The van der Waals surface area contributed by atoms with Crippen molar-refractivity contribution in [2.45, 2.75) is 13.5 Å². The van der Waals surface area contributed by atoms with E-state index < -0.39 is 0 Å². The summed E-state index contributed by atoms with van der Waals surface area (Å²) in [4.78, 5) is 0. The van der Waals surface area contributed by atoms with Crippen molar-refractivity contribution >= 4 is 16.6 Å². The summed E-state index contributed by atoms with van der Waals surface area (Å²) >= 11 is 0. The van der Waals surface area contributed by atoms with E-state index in [1.54, 1.807) is 12.1 Å². The molecule has 0 amide bonds. The van der Waals surface area contributed by atoms with Crippen LogP contribution in [0.15, 0.2) is 54.7 Å². The minimum Gasteiger partial charge on any atom is -0.381 e. The van der Waals surface area contributed by atoms with Gasteiger partial charge in [0, 0.05) is 24.8 Å². The van der Waals surface area contributed by atoms with E-state index in [1.165, 1.54) is 22.5 Å². The first kappa shape index (κ1) is 12.7. The molecule has 0 fully saturated rings. The lowest BCUT2D eigenvalue weighted by Gasteiger charge is -2.09. The van der Waals surface area contributed by atoms with Crippen LogP contribution in [0.3, 0.4) is 0 Å². The van der Waals surface area contributed by atoms with E-state index in [4.69, 9.17) is 0 Å². The van der Waals surface area contributed by atoms with Crippen molar-refractivity contribution in [2.24, 2.45) is 0 Å². The summed E-state index contributed by atoms with van der Waals surface area (Å²) in [5.41, 5.74) is 3.03. The van der Waals surface area contributed by atoms with Gasteiger partial charge in [0.05, 0.1) is 5.69 Å². The SMILES string of the molecule is Cc1ccc2ccn(CCNc3ccccc3F)c2c1. The fraction of sp³-hybridized carbons (Fsp3) is 0.176. The lowest BCUT2D eigenvalue weighted by molar-refractivity contribution is 0.628. The molecule has 2 nitrogen and oxygen atoms in total. The number of benzene rings is 2. The molecule has 3 rings (SSSR count). The molecule has 0 bridgehead atoms. The van der Waals surface area contributed by atoms with Gasteiger partial charge in [0.1, 0.15) is 5.82 Å². The Hall–Kier alpha value is -2.29. The maximum absolute atomic E-state index is 13.5. The first-order valence-electron chi connectivity index (χ1n) is 6.78. The molecule has 20 heavy (non-hydrogen) atoms. The van der Waals surface area contributed by atoms with Gasteiger partial charge in [0.15, 0.2) is 0 Å². The molecule has 0 saturated carbocycles. The highest BCUT2D eigenvalue weighted by Crippen LogP contribution is 2.17. The van der Waals surface area contributed by atoms with E-state index in [-0.39, 0.29) is 5.82 Å². The van der Waals surface area contributed by atoms with Crippen molar-refractivity contribution in [3.63, 3.8) is 0 Å². The van der Waals surface area contributed by atoms with Gasteiger partial charge >= 0.3 is 0 Å². The molecule has 0 saturated heterocycles. The fourth-order valence-corrected chi connectivity index (χ4v) is 2.40. The topological polar surface area (TPSA) is 17.0 Å². The van der Waals surface area contributed by atoms with Gasteiger partial charge in [-0.3, -0.25) is 0 Å². The Balaban J connectivity index is 1.71. The van der Waals surface area contributed by atoms with Gasteiger partial charge in [-0.15, -0.1) is 0 Å². The number of hydrogen-bond acceptors (Lipinski definition) is 1. The predicted octanol–water partition coefficient (Wildman–Crippen LogP) is 4.20. The maximum atomic E-state index is 13.5. The van der Waals surface area contributed by atoms with Crippen molar-refractivity contribution in [3.05, 3.63) is 66.1 Å². The summed E-state index contributed by atoms with van der Waals surface area (Å²) < 4.78 is 15.7. The number of nitrogens with one attached hydrogen (secondary N) is 1. The second-order valence-electron chi connectivity index (χ2n) is 4.98. The molecule has 0 radical (unpaired) electrons. The Labute approximate surface area is 117 Å². The maximum Gasteiger partial charge on any atom is 0.146 e. The van der Waals surface area contributed by atoms with Gasteiger partial charge in [-0.1, -0.05) is 24.3 Å². The Kier molecular flexibility index (Phi) is 3.42. The fourth-order valence-electron chi connectivity index (χ4n) is 2.40. The zero-order chi connectivity index (χ0) is 13.9. The van der Waals surface area contributed by atoms with Crippen molar-refractivity contribution in [3.8, 4) is 0 Å². The standard InChI is InChI=1S/C17H17FN2/c1-13-6-7-14-8-10-20(17(14)12-13)11-9-19-16-5-3-2-4-15(16)18/h2-8,10,12,19H,9,11H2,1H3. The average Bonchev–Trinajstić information content (AvgIpc) is 2.83. The average molecular weight is 268 g/mol. The molecule has 0 aliphatic carbocycles. The number of hydrogen-bond donors (Lipinski definition) is 1. The van der Waals surface area contributed by atoms with Crippen LogP contribution in [-0.2, 0) is 6.54 Å². The summed E-state index contributed by atoms with van der Waals surface area (Å²) in [5.74, 6) is -0.208. The second kappa shape index (κ2) is 5.37. The lowest BCUT2D eigenvalue weighted by atomic mass is 10.2. The van der Waals surface area contributed by atoms with E-state index in [0.717, 1.165) is 6.54 Å². The number of aryl methyl sites for hydroxylation is 1. The van der Waals surface area contributed by atoms with E-state index in [1.807, 2.05) is 6.07 Å². The molecular weight excluding hydrogens is 251 g/mol. The molecular formula is C17H17FN2. The first-order valence-corrected chi connectivity index (χ1v) is 6.78. The Morgan fingerprint density at radius 2 is 1.95 bits per heavy atom. The second-order valence-corrected chi connectivity index (χ2v) is 4.98. The van der Waals surface area contributed by atoms with E-state index in [0.29, 0.717) is 12.2 Å². The Bertz CT molecular complexity index is 731. The number of fused-ring (bicyclic) bond motifs is 1. The Morgan fingerprint density at radius 3 is 2.80 bits per heavy atom. The van der Waals surface area contributed by atoms with Gasteiger partial charge in [-0.05, 0) is 42.1 Å². The van der Waals surface area contributed by atoms with E-state index in [9.17, 15) is 4.39 Å². The van der Waals surface area contributed by atoms with Crippen LogP contribution in [-0.4, -0.2) is 11.1 Å². The summed E-state index contributed by atoms with van der Waals surface area (Å²) in [5, 5.41) is 4.37. The molecule has 3 heteroatoms. The predicted molar refractivity (Wildman–Crippen MR) is 81.6 cm³/mol. The third-order valence-electron chi connectivity index (χ3n) is 3.47. The monoisotopic (exact) mass is 268 g/mol. The van der Waals surface area contributed by atoms with Gasteiger partial charge < -0.3 is 9.88 Å². The minimum atomic E-state index is -0.208. The number of anilines is 1. The third kappa shape index (κ3) is 2.52. The van der Waals surface area contributed by atoms with Gasteiger partial charge in [-0.25, -0.2) is 4.39 Å². The molecule has 0 unspecified atom stereocenters. The highest BCUT2D eigenvalue weighted by atomic mass is 19.1. The van der Waals surface area contributed by atoms with Crippen LogP contribution >= 0.6 is 0 Å². The van der Waals surface area contributed by atoms with E-state index in [2.05, 4.69) is 47.3 Å². The molecule has 102 valence electrons. The molecule has 0 aliphatic heterocycles. The zero-order valence-corrected chi connectivity index (χ0v) is 11.4. The Morgan fingerprint density at radius 1 is 1.10 bits per heavy atom. The van der Waals surface area contributed by atoms with Gasteiger partial charge in [0.25, 0.3) is 0 Å². The quantitative estimate of drug-likeness (QED) is 0.750. The molecule has 1 N–H and O–H groups in total. The third-order valence-corrected chi connectivity index (χ3v) is 3.47. The summed E-state index contributed by atoms with van der Waals surface area (Å²) in [6.45, 7) is 3.59. The number of para-hydroxylation sites is 1. The van der Waals surface area contributed by atoms with Crippen molar-refractivity contribution in [1.82, 2.24) is 4.57 Å². The number of halogens is 1. The molecule has 0 aliphatic rings. The minimum absolute atomic E-state index is 0.208. The van der Waals surface area contributed by atoms with Gasteiger partial charge in [-0.2, -0.15) is 0 Å². The van der Waals surface area contributed by atoms with Crippen LogP contribution in [0.1, 0.15) is 5.56 Å². The molecule has 0 atom stereocenters. The van der Waals surface area contributed by atoms with Gasteiger partial charge in [0.2, 0.25) is 0 Å². The van der Waals surface area contributed by atoms with Crippen LogP contribution < -0.4 is 5.32 Å². The lowest BCUT2D eigenvalue weighted by Crippen LogP contribution is -2.10. The van der Waals surface area contributed by atoms with Crippen LogP contribution in [0, 0.1) is 12.7 Å². The van der Waals surface area contributed by atoms with Crippen LogP contribution in [0.25, 0.3) is 10.9 Å². The summed E-state index contributed by atoms with van der Waals surface area (Å²) in [6.07, 6.45) is 2.08. The van der Waals surface area contributed by atoms with Crippen LogP contribution in [0.2, 0.25) is 0 Å². The normalized spacial score (nSPS) is 10.9. The molecule has 2 aromatic carbocycles. The molecule has 1 heterocycles. The number of aromatic nitrogens is 1. The molecule has 3 aromatic rings. The molecule has 1 aromatic heterocycles. The largest absolute Gasteiger partial charge is 0.381 e. The highest BCUT2D eigenvalue weighted by Gasteiger charge is 2.02. The van der Waals surface area contributed by atoms with Crippen molar-refractivity contribution < 1.29 is 4.39 Å².